The largest absolute Gasteiger partial charge is 0.338 e. The molecule has 1 aromatic carbocycles. The summed E-state index contributed by atoms with van der Waals surface area (Å²) in [5, 5.41) is 0. The van der Waals surface area contributed by atoms with Gasteiger partial charge in [-0.3, -0.25) is 9.59 Å². The van der Waals surface area contributed by atoms with Crippen LogP contribution in [-0.2, 0) is 6.54 Å². The molecular weight excluding hydrogens is 338 g/mol. The maximum Gasteiger partial charge on any atom is 0.253 e. The Morgan fingerprint density at radius 1 is 0.889 bits per heavy atom. The topological polar surface area (TPSA) is 47.2 Å². The van der Waals surface area contributed by atoms with Gasteiger partial charge >= 0.3 is 0 Å². The molecule has 0 aliphatic carbocycles. The molecule has 3 aromatic rings. The molecule has 5 rings (SSSR count). The zero-order valence-corrected chi connectivity index (χ0v) is 15.0. The Bertz CT molecular complexity index is 1030. The monoisotopic (exact) mass is 359 g/mol. The van der Waals surface area contributed by atoms with Crippen LogP contribution in [0.5, 0.6) is 0 Å². The standard InChI is InChI=1S/C22H21N3O2/c26-21-5-3-4-20-18-12-16(14-25(20)21)13-24(15-18)22(27)17-6-8-19(9-7-17)23-10-1-2-11-23/h1-11,16,18H,12-15H2. The predicted molar refractivity (Wildman–Crippen MR) is 103 cm³/mol. The molecule has 1 amide bonds. The second kappa shape index (κ2) is 6.27. The number of hydrogen-bond acceptors (Lipinski definition) is 2. The van der Waals surface area contributed by atoms with E-state index in [0.29, 0.717) is 19.0 Å². The van der Waals surface area contributed by atoms with Gasteiger partial charge in [0.1, 0.15) is 0 Å². The molecule has 2 bridgehead atoms. The van der Waals surface area contributed by atoms with E-state index >= 15 is 0 Å². The highest BCUT2D eigenvalue weighted by Crippen LogP contribution is 2.35. The van der Waals surface area contributed by atoms with Crippen LogP contribution in [0, 0.1) is 5.92 Å². The molecule has 136 valence electrons. The SMILES string of the molecule is O=C(c1ccc(-n2cccc2)cc1)N1CC2CC(C1)c1cccc(=O)n1C2. The lowest BCUT2D eigenvalue weighted by molar-refractivity contribution is 0.0594. The Kier molecular flexibility index (Phi) is 3.74. The number of pyridine rings is 1. The van der Waals surface area contributed by atoms with Crippen molar-refractivity contribution in [3.63, 3.8) is 0 Å². The van der Waals surface area contributed by atoms with Crippen molar-refractivity contribution in [2.75, 3.05) is 13.1 Å². The summed E-state index contributed by atoms with van der Waals surface area (Å²) in [7, 11) is 0. The van der Waals surface area contributed by atoms with Gasteiger partial charge in [-0.05, 0) is 54.8 Å². The summed E-state index contributed by atoms with van der Waals surface area (Å²) in [4.78, 5) is 27.2. The van der Waals surface area contributed by atoms with Gasteiger partial charge in [0.15, 0.2) is 0 Å². The number of amides is 1. The maximum atomic E-state index is 13.1. The van der Waals surface area contributed by atoms with Crippen molar-refractivity contribution in [3.05, 3.63) is 88.6 Å². The summed E-state index contributed by atoms with van der Waals surface area (Å²) in [6.45, 7) is 2.11. The Labute approximate surface area is 157 Å². The van der Waals surface area contributed by atoms with E-state index in [1.165, 1.54) is 0 Å². The third kappa shape index (κ3) is 2.79. The molecule has 0 spiro atoms. The number of fused-ring (bicyclic) bond motifs is 4. The number of nitrogens with zero attached hydrogens (tertiary/aromatic N) is 3. The molecule has 2 aliphatic rings. The number of piperidine rings is 1. The molecule has 27 heavy (non-hydrogen) atoms. The molecule has 2 atom stereocenters. The summed E-state index contributed by atoms with van der Waals surface area (Å²) in [6.07, 6.45) is 5.03. The highest BCUT2D eigenvalue weighted by atomic mass is 16.2. The van der Waals surface area contributed by atoms with Gasteiger partial charge in [-0.25, -0.2) is 0 Å². The number of carbonyl (C=O) groups excluding carboxylic acids is 1. The zero-order valence-electron chi connectivity index (χ0n) is 15.0. The van der Waals surface area contributed by atoms with E-state index in [0.717, 1.165) is 29.9 Å². The lowest BCUT2D eigenvalue weighted by Crippen LogP contribution is -2.49. The first-order valence-corrected chi connectivity index (χ1v) is 9.41. The van der Waals surface area contributed by atoms with Crippen LogP contribution in [-0.4, -0.2) is 33.0 Å². The van der Waals surface area contributed by atoms with Crippen molar-refractivity contribution < 1.29 is 4.79 Å². The van der Waals surface area contributed by atoms with Gasteiger partial charge in [0, 0.05) is 61.0 Å². The highest BCUT2D eigenvalue weighted by molar-refractivity contribution is 5.94. The minimum absolute atomic E-state index is 0.0718. The van der Waals surface area contributed by atoms with Gasteiger partial charge in [0.2, 0.25) is 0 Å². The molecule has 2 aliphatic heterocycles. The number of benzene rings is 1. The second-order valence-electron chi connectivity index (χ2n) is 7.55. The molecule has 2 unspecified atom stereocenters. The van der Waals surface area contributed by atoms with Crippen LogP contribution >= 0.6 is 0 Å². The van der Waals surface area contributed by atoms with Crippen LogP contribution < -0.4 is 5.56 Å². The van der Waals surface area contributed by atoms with Crippen molar-refractivity contribution in [2.45, 2.75) is 18.9 Å². The van der Waals surface area contributed by atoms with Gasteiger partial charge in [-0.15, -0.1) is 0 Å². The third-order valence-corrected chi connectivity index (χ3v) is 5.78. The number of aromatic nitrogens is 2. The van der Waals surface area contributed by atoms with Crippen LogP contribution in [0.1, 0.15) is 28.4 Å². The quantitative estimate of drug-likeness (QED) is 0.706. The lowest BCUT2D eigenvalue weighted by atomic mass is 9.83. The van der Waals surface area contributed by atoms with Crippen LogP contribution in [0.15, 0.2) is 71.8 Å². The Balaban J connectivity index is 1.38. The fourth-order valence-electron chi connectivity index (χ4n) is 4.53. The summed E-state index contributed by atoms with van der Waals surface area (Å²) < 4.78 is 3.92. The van der Waals surface area contributed by atoms with E-state index in [9.17, 15) is 9.59 Å². The minimum Gasteiger partial charge on any atom is -0.338 e. The average molecular weight is 359 g/mol. The molecule has 4 heterocycles. The lowest BCUT2D eigenvalue weighted by Gasteiger charge is -2.42. The normalized spacial score (nSPS) is 21.0. The van der Waals surface area contributed by atoms with Crippen molar-refractivity contribution in [1.29, 1.82) is 0 Å². The number of carbonyl (C=O) groups is 1. The van der Waals surface area contributed by atoms with E-state index < -0.39 is 0 Å². The first-order chi connectivity index (χ1) is 13.2. The molecule has 2 aromatic heterocycles. The first-order valence-electron chi connectivity index (χ1n) is 9.41. The smallest absolute Gasteiger partial charge is 0.253 e. The number of rotatable bonds is 2. The van der Waals surface area contributed by atoms with Gasteiger partial charge in [0.05, 0.1) is 0 Å². The summed E-state index contributed by atoms with van der Waals surface area (Å²) in [5.74, 6) is 0.671. The Morgan fingerprint density at radius 3 is 2.44 bits per heavy atom. The Morgan fingerprint density at radius 2 is 1.67 bits per heavy atom. The van der Waals surface area contributed by atoms with E-state index in [1.54, 1.807) is 6.07 Å². The molecular formula is C22H21N3O2. The Hall–Kier alpha value is -3.08. The molecule has 1 saturated heterocycles. The van der Waals surface area contributed by atoms with E-state index in [4.69, 9.17) is 0 Å². The van der Waals surface area contributed by atoms with Gasteiger partial charge in [0.25, 0.3) is 11.5 Å². The molecule has 5 nitrogen and oxygen atoms in total. The van der Waals surface area contributed by atoms with E-state index in [2.05, 4.69) is 0 Å². The van der Waals surface area contributed by atoms with Gasteiger partial charge in [-0.1, -0.05) is 6.07 Å². The highest BCUT2D eigenvalue weighted by Gasteiger charge is 2.36. The predicted octanol–water partition coefficient (Wildman–Crippen LogP) is 2.90. The summed E-state index contributed by atoms with van der Waals surface area (Å²) in [5.41, 5.74) is 2.90. The maximum absolute atomic E-state index is 13.1. The molecule has 5 heteroatoms. The fraction of sp³-hybridized carbons (Fsp3) is 0.273. The van der Waals surface area contributed by atoms with E-state index in [-0.39, 0.29) is 17.4 Å². The average Bonchev–Trinajstić information content (AvgIpc) is 3.23. The fourth-order valence-corrected chi connectivity index (χ4v) is 4.53. The zero-order chi connectivity index (χ0) is 18.4. The molecule has 0 N–H and O–H groups in total. The minimum atomic E-state index is 0.0718. The number of hydrogen-bond donors (Lipinski definition) is 0. The molecule has 0 saturated carbocycles. The molecule has 0 radical (unpaired) electrons. The summed E-state index contributed by atoms with van der Waals surface area (Å²) in [6, 6.07) is 17.2. The van der Waals surface area contributed by atoms with Gasteiger partial charge in [-0.2, -0.15) is 0 Å². The number of likely N-dealkylation sites (tertiary alicyclic amines) is 1. The van der Waals surface area contributed by atoms with Crippen LogP contribution in [0.2, 0.25) is 0 Å². The van der Waals surface area contributed by atoms with Crippen LogP contribution in [0.3, 0.4) is 0 Å². The van der Waals surface area contributed by atoms with Crippen molar-refractivity contribution in [1.82, 2.24) is 14.0 Å². The summed E-state index contributed by atoms with van der Waals surface area (Å²) >= 11 is 0. The van der Waals surface area contributed by atoms with Crippen LogP contribution in [0.25, 0.3) is 5.69 Å². The second-order valence-corrected chi connectivity index (χ2v) is 7.55. The van der Waals surface area contributed by atoms with Crippen molar-refractivity contribution in [2.24, 2.45) is 5.92 Å². The third-order valence-electron chi connectivity index (χ3n) is 5.78. The van der Waals surface area contributed by atoms with E-state index in [1.807, 2.05) is 75.0 Å². The van der Waals surface area contributed by atoms with Crippen LogP contribution in [0.4, 0.5) is 0 Å². The van der Waals surface area contributed by atoms with Gasteiger partial charge < -0.3 is 14.0 Å². The van der Waals surface area contributed by atoms with Crippen molar-refractivity contribution >= 4 is 5.91 Å². The molecule has 1 fully saturated rings. The van der Waals surface area contributed by atoms with Crippen molar-refractivity contribution in [3.8, 4) is 5.69 Å². The first kappa shape index (κ1) is 16.1.